The molecule has 1 fully saturated rings. The van der Waals surface area contributed by atoms with E-state index in [1.54, 1.807) is 11.0 Å². The van der Waals surface area contributed by atoms with E-state index < -0.39 is 17.5 Å². The Balaban J connectivity index is 1.66. The molecule has 4 nitrogen and oxygen atoms in total. The molecule has 26 heavy (non-hydrogen) atoms. The Morgan fingerprint density at radius 1 is 0.808 bits per heavy atom. The van der Waals surface area contributed by atoms with Crippen molar-refractivity contribution in [3.63, 3.8) is 0 Å². The highest BCUT2D eigenvalue weighted by Crippen LogP contribution is 2.16. The normalized spacial score (nSPS) is 14.5. The molecule has 1 aliphatic heterocycles. The number of carbonyl (C=O) groups is 2. The van der Waals surface area contributed by atoms with Gasteiger partial charge in [0.05, 0.1) is 5.56 Å². The van der Waals surface area contributed by atoms with Crippen molar-refractivity contribution >= 4 is 11.8 Å². The summed E-state index contributed by atoms with van der Waals surface area (Å²) < 4.78 is 26.8. The zero-order chi connectivity index (χ0) is 18.8. The van der Waals surface area contributed by atoms with Crippen molar-refractivity contribution in [3.05, 3.63) is 70.3 Å². The maximum atomic E-state index is 13.8. The molecule has 0 unspecified atom stereocenters. The smallest absolute Gasteiger partial charge is 0.256 e. The number of benzene rings is 2. The van der Waals surface area contributed by atoms with Crippen molar-refractivity contribution in [3.8, 4) is 0 Å². The summed E-state index contributed by atoms with van der Waals surface area (Å²) in [5.41, 5.74) is 2.65. The van der Waals surface area contributed by atoms with Gasteiger partial charge in [0.1, 0.15) is 11.6 Å². The van der Waals surface area contributed by atoms with Crippen molar-refractivity contribution in [2.75, 3.05) is 26.2 Å². The summed E-state index contributed by atoms with van der Waals surface area (Å²) in [5, 5.41) is 0. The fourth-order valence-corrected chi connectivity index (χ4v) is 3.00. The van der Waals surface area contributed by atoms with Gasteiger partial charge in [0.15, 0.2) is 0 Å². The van der Waals surface area contributed by atoms with Gasteiger partial charge in [0, 0.05) is 37.8 Å². The molecule has 2 aromatic rings. The van der Waals surface area contributed by atoms with Crippen molar-refractivity contribution < 1.29 is 18.4 Å². The van der Waals surface area contributed by atoms with Crippen LogP contribution in [0.5, 0.6) is 0 Å². The summed E-state index contributed by atoms with van der Waals surface area (Å²) in [6.07, 6.45) is 0. The van der Waals surface area contributed by atoms with Gasteiger partial charge < -0.3 is 9.80 Å². The minimum atomic E-state index is -0.872. The molecular formula is C20H20F2N2O2. The number of piperazine rings is 1. The monoisotopic (exact) mass is 358 g/mol. The lowest BCUT2D eigenvalue weighted by molar-refractivity contribution is 0.0532. The number of carbonyl (C=O) groups excluding carboxylic acids is 2. The first-order valence-electron chi connectivity index (χ1n) is 8.47. The fraction of sp³-hybridized carbons (Fsp3) is 0.300. The van der Waals surface area contributed by atoms with Crippen LogP contribution >= 0.6 is 0 Å². The molecular weight excluding hydrogens is 338 g/mol. The summed E-state index contributed by atoms with van der Waals surface area (Å²) in [6, 6.07) is 8.50. The predicted octanol–water partition coefficient (Wildman–Crippen LogP) is 3.18. The van der Waals surface area contributed by atoms with Crippen LogP contribution < -0.4 is 0 Å². The van der Waals surface area contributed by atoms with E-state index in [1.807, 2.05) is 26.0 Å². The molecule has 2 aromatic carbocycles. The number of halogens is 2. The minimum absolute atomic E-state index is 0.0758. The van der Waals surface area contributed by atoms with Gasteiger partial charge in [-0.15, -0.1) is 0 Å². The van der Waals surface area contributed by atoms with Crippen LogP contribution in [0, 0.1) is 25.5 Å². The maximum Gasteiger partial charge on any atom is 0.256 e. The third-order valence-electron chi connectivity index (χ3n) is 4.77. The van der Waals surface area contributed by atoms with Gasteiger partial charge in [-0.2, -0.15) is 0 Å². The molecule has 136 valence electrons. The Hall–Kier alpha value is -2.76. The lowest BCUT2D eigenvalue weighted by Crippen LogP contribution is -2.50. The van der Waals surface area contributed by atoms with Crippen molar-refractivity contribution in [2.24, 2.45) is 0 Å². The molecule has 0 aliphatic carbocycles. The molecule has 0 bridgehead atoms. The van der Waals surface area contributed by atoms with Gasteiger partial charge in [-0.25, -0.2) is 8.78 Å². The van der Waals surface area contributed by atoms with E-state index in [2.05, 4.69) is 0 Å². The highest BCUT2D eigenvalue weighted by Gasteiger charge is 2.27. The third kappa shape index (κ3) is 3.59. The second-order valence-electron chi connectivity index (χ2n) is 6.51. The Kier molecular flexibility index (Phi) is 5.02. The average molecular weight is 358 g/mol. The Labute approximate surface area is 151 Å². The van der Waals surface area contributed by atoms with E-state index in [1.165, 1.54) is 4.90 Å². The molecule has 1 saturated heterocycles. The summed E-state index contributed by atoms with van der Waals surface area (Å²) >= 11 is 0. The molecule has 2 amide bonds. The van der Waals surface area contributed by atoms with Crippen LogP contribution in [0.4, 0.5) is 8.78 Å². The molecule has 0 spiro atoms. The maximum absolute atomic E-state index is 13.8. The first-order chi connectivity index (χ1) is 12.4. The van der Waals surface area contributed by atoms with Gasteiger partial charge in [0.25, 0.3) is 11.8 Å². The summed E-state index contributed by atoms with van der Waals surface area (Å²) in [4.78, 5) is 28.2. The average Bonchev–Trinajstić information content (AvgIpc) is 2.63. The standard InChI is InChI=1S/C20H20F2N2O2/c1-13-3-4-15(11-14(13)2)19(25)23-7-9-24(10-8-23)20(26)17-6-5-16(21)12-18(17)22/h3-6,11-12H,7-10H2,1-2H3. The van der Waals surface area contributed by atoms with Crippen LogP contribution in [0.1, 0.15) is 31.8 Å². The lowest BCUT2D eigenvalue weighted by atomic mass is 10.1. The first-order valence-corrected chi connectivity index (χ1v) is 8.47. The Morgan fingerprint density at radius 3 is 2.00 bits per heavy atom. The van der Waals surface area contributed by atoms with E-state index in [9.17, 15) is 18.4 Å². The highest BCUT2D eigenvalue weighted by molar-refractivity contribution is 5.96. The fourth-order valence-electron chi connectivity index (χ4n) is 3.00. The number of rotatable bonds is 2. The molecule has 3 rings (SSSR count). The number of hydrogen-bond acceptors (Lipinski definition) is 2. The molecule has 6 heteroatoms. The van der Waals surface area contributed by atoms with E-state index in [0.717, 1.165) is 23.3 Å². The van der Waals surface area contributed by atoms with E-state index in [0.29, 0.717) is 37.8 Å². The van der Waals surface area contributed by atoms with Crippen LogP contribution in [0.25, 0.3) is 0 Å². The number of nitrogens with zero attached hydrogens (tertiary/aromatic N) is 2. The van der Waals surface area contributed by atoms with Crippen LogP contribution in [0.15, 0.2) is 36.4 Å². The summed E-state index contributed by atoms with van der Waals surface area (Å²) in [7, 11) is 0. The third-order valence-corrected chi connectivity index (χ3v) is 4.77. The van der Waals surface area contributed by atoms with Crippen molar-refractivity contribution in [1.82, 2.24) is 9.80 Å². The van der Waals surface area contributed by atoms with Crippen LogP contribution in [-0.4, -0.2) is 47.8 Å². The zero-order valence-corrected chi connectivity index (χ0v) is 14.8. The number of amides is 2. The summed E-state index contributed by atoms with van der Waals surface area (Å²) in [6.45, 7) is 5.32. The molecule has 0 N–H and O–H groups in total. The van der Waals surface area contributed by atoms with Crippen LogP contribution in [0.2, 0.25) is 0 Å². The second kappa shape index (κ2) is 7.23. The Morgan fingerprint density at radius 2 is 1.42 bits per heavy atom. The van der Waals surface area contributed by atoms with Gasteiger partial charge in [0.2, 0.25) is 0 Å². The van der Waals surface area contributed by atoms with Crippen LogP contribution in [-0.2, 0) is 0 Å². The van der Waals surface area contributed by atoms with E-state index in [4.69, 9.17) is 0 Å². The highest BCUT2D eigenvalue weighted by atomic mass is 19.1. The van der Waals surface area contributed by atoms with Gasteiger partial charge in [-0.3, -0.25) is 9.59 Å². The largest absolute Gasteiger partial charge is 0.335 e. The van der Waals surface area contributed by atoms with Gasteiger partial charge in [-0.1, -0.05) is 6.07 Å². The zero-order valence-electron chi connectivity index (χ0n) is 14.8. The number of aryl methyl sites for hydroxylation is 2. The topological polar surface area (TPSA) is 40.6 Å². The van der Waals surface area contributed by atoms with Crippen LogP contribution in [0.3, 0.4) is 0 Å². The second-order valence-corrected chi connectivity index (χ2v) is 6.51. The lowest BCUT2D eigenvalue weighted by Gasteiger charge is -2.35. The molecule has 0 radical (unpaired) electrons. The van der Waals surface area contributed by atoms with E-state index in [-0.39, 0.29) is 11.5 Å². The quantitative estimate of drug-likeness (QED) is 0.827. The van der Waals surface area contributed by atoms with E-state index >= 15 is 0 Å². The van der Waals surface area contributed by atoms with Gasteiger partial charge >= 0.3 is 0 Å². The molecule has 1 aliphatic rings. The SMILES string of the molecule is Cc1ccc(C(=O)N2CCN(C(=O)c3ccc(F)cc3F)CC2)cc1C. The Bertz CT molecular complexity index is 859. The number of hydrogen-bond donors (Lipinski definition) is 0. The van der Waals surface area contributed by atoms with Crippen molar-refractivity contribution in [2.45, 2.75) is 13.8 Å². The summed E-state index contributed by atoms with van der Waals surface area (Å²) in [5.74, 6) is -2.15. The minimum Gasteiger partial charge on any atom is -0.335 e. The molecule has 0 aromatic heterocycles. The molecule has 0 saturated carbocycles. The molecule has 0 atom stereocenters. The first kappa shape index (κ1) is 18.0. The van der Waals surface area contributed by atoms with Crippen molar-refractivity contribution in [1.29, 1.82) is 0 Å². The van der Waals surface area contributed by atoms with Gasteiger partial charge in [-0.05, 0) is 49.2 Å². The predicted molar refractivity (Wildman–Crippen MR) is 94.1 cm³/mol. The molecule has 1 heterocycles.